The largest absolute Gasteiger partial charge is 0.350 e. The molecular formula is C19H22ClN3O. The van der Waals surface area contributed by atoms with E-state index < -0.39 is 0 Å². The van der Waals surface area contributed by atoms with Gasteiger partial charge in [0.2, 0.25) is 5.91 Å². The molecule has 4 nitrogen and oxygen atoms in total. The molecule has 0 bridgehead atoms. The maximum Gasteiger partial charge on any atom is 0.217 e. The van der Waals surface area contributed by atoms with Crippen LogP contribution in [0.5, 0.6) is 0 Å². The Kier molecular flexibility index (Phi) is 4.50. The minimum atomic E-state index is 0.00346. The molecule has 1 aliphatic rings. The van der Waals surface area contributed by atoms with Gasteiger partial charge in [-0.2, -0.15) is 5.10 Å². The van der Waals surface area contributed by atoms with E-state index in [-0.39, 0.29) is 17.9 Å². The SMILES string of the molecule is CC(=O)N[C@@H]1C=C[C@@H](c2c(C)nn(-c3ccc(C)c(Cl)c3)c2C)C1. The Hall–Kier alpha value is -2.07. The molecular weight excluding hydrogens is 322 g/mol. The maximum atomic E-state index is 11.3. The first-order valence-corrected chi connectivity index (χ1v) is 8.52. The average molecular weight is 344 g/mol. The summed E-state index contributed by atoms with van der Waals surface area (Å²) in [5.41, 5.74) is 5.39. The summed E-state index contributed by atoms with van der Waals surface area (Å²) >= 11 is 6.26. The van der Waals surface area contributed by atoms with Crippen LogP contribution in [-0.4, -0.2) is 21.7 Å². The summed E-state index contributed by atoms with van der Waals surface area (Å²) in [6.45, 7) is 7.66. The second kappa shape index (κ2) is 6.44. The summed E-state index contributed by atoms with van der Waals surface area (Å²) in [6, 6.07) is 6.10. The van der Waals surface area contributed by atoms with E-state index in [2.05, 4.69) is 24.4 Å². The van der Waals surface area contributed by atoms with Crippen molar-refractivity contribution in [3.63, 3.8) is 0 Å². The monoisotopic (exact) mass is 343 g/mol. The second-order valence-corrected chi connectivity index (χ2v) is 6.87. The van der Waals surface area contributed by atoms with Gasteiger partial charge in [-0.05, 0) is 44.9 Å². The van der Waals surface area contributed by atoms with E-state index in [1.165, 1.54) is 5.56 Å². The number of hydrogen-bond acceptors (Lipinski definition) is 2. The lowest BCUT2D eigenvalue weighted by Gasteiger charge is -2.14. The van der Waals surface area contributed by atoms with Crippen molar-refractivity contribution >= 4 is 17.5 Å². The third-order valence-corrected chi connectivity index (χ3v) is 5.00. The van der Waals surface area contributed by atoms with Crippen LogP contribution in [0.4, 0.5) is 0 Å². The van der Waals surface area contributed by atoms with Gasteiger partial charge >= 0.3 is 0 Å². The van der Waals surface area contributed by atoms with Crippen LogP contribution in [0.1, 0.15) is 41.8 Å². The Bertz CT molecular complexity index is 822. The van der Waals surface area contributed by atoms with Crippen LogP contribution in [0.15, 0.2) is 30.4 Å². The fourth-order valence-corrected chi connectivity index (χ4v) is 3.61. The molecule has 0 unspecified atom stereocenters. The van der Waals surface area contributed by atoms with E-state index in [0.717, 1.165) is 34.1 Å². The summed E-state index contributed by atoms with van der Waals surface area (Å²) in [6.07, 6.45) is 5.12. The standard InChI is InChI=1S/C19H22ClN3O/c1-11-5-8-17(10-18(11)20)23-13(3)19(12(2)22-23)15-6-7-16(9-15)21-14(4)24/h5-8,10,15-16H,9H2,1-4H3,(H,21,24)/t15-,16-/m1/s1. The van der Waals surface area contributed by atoms with Crippen molar-refractivity contribution in [2.24, 2.45) is 0 Å². The van der Waals surface area contributed by atoms with Gasteiger partial charge in [0.05, 0.1) is 11.4 Å². The molecule has 0 saturated carbocycles. The number of nitrogens with zero attached hydrogens (tertiary/aromatic N) is 2. The van der Waals surface area contributed by atoms with E-state index in [1.807, 2.05) is 36.7 Å². The average Bonchev–Trinajstić information content (AvgIpc) is 3.06. The van der Waals surface area contributed by atoms with Gasteiger partial charge in [0, 0.05) is 35.2 Å². The van der Waals surface area contributed by atoms with Crippen molar-refractivity contribution in [3.8, 4) is 5.69 Å². The van der Waals surface area contributed by atoms with Gasteiger partial charge in [-0.15, -0.1) is 0 Å². The van der Waals surface area contributed by atoms with E-state index in [9.17, 15) is 4.79 Å². The Morgan fingerprint density at radius 2 is 2.04 bits per heavy atom. The summed E-state index contributed by atoms with van der Waals surface area (Å²) in [5, 5.41) is 8.42. The Balaban J connectivity index is 1.92. The van der Waals surface area contributed by atoms with Crippen LogP contribution in [0, 0.1) is 20.8 Å². The highest BCUT2D eigenvalue weighted by molar-refractivity contribution is 6.31. The third-order valence-electron chi connectivity index (χ3n) is 4.59. The zero-order valence-electron chi connectivity index (χ0n) is 14.4. The second-order valence-electron chi connectivity index (χ2n) is 6.46. The number of nitrogens with one attached hydrogen (secondary N) is 1. The lowest BCUT2D eigenvalue weighted by Crippen LogP contribution is -2.30. The number of aromatic nitrogens is 2. The molecule has 1 heterocycles. The zero-order chi connectivity index (χ0) is 17.4. The van der Waals surface area contributed by atoms with Crippen molar-refractivity contribution < 1.29 is 4.79 Å². The predicted octanol–water partition coefficient (Wildman–Crippen LogP) is 4.00. The van der Waals surface area contributed by atoms with Crippen molar-refractivity contribution in [3.05, 3.63) is 57.9 Å². The van der Waals surface area contributed by atoms with Gasteiger partial charge in [-0.1, -0.05) is 29.8 Å². The maximum absolute atomic E-state index is 11.3. The molecule has 1 aliphatic carbocycles. The zero-order valence-corrected chi connectivity index (χ0v) is 15.2. The summed E-state index contributed by atoms with van der Waals surface area (Å²) < 4.78 is 1.95. The van der Waals surface area contributed by atoms with E-state index >= 15 is 0 Å². The van der Waals surface area contributed by atoms with Crippen LogP contribution < -0.4 is 5.32 Å². The predicted molar refractivity (Wildman–Crippen MR) is 96.9 cm³/mol. The number of aryl methyl sites for hydroxylation is 2. The van der Waals surface area contributed by atoms with Crippen molar-refractivity contribution in [2.75, 3.05) is 0 Å². The highest BCUT2D eigenvalue weighted by Gasteiger charge is 2.26. The topological polar surface area (TPSA) is 46.9 Å². The number of hydrogen-bond donors (Lipinski definition) is 1. The number of halogens is 1. The molecule has 2 atom stereocenters. The van der Waals surface area contributed by atoms with Gasteiger partial charge in [0.25, 0.3) is 0 Å². The fourth-order valence-electron chi connectivity index (χ4n) is 3.44. The summed E-state index contributed by atoms with van der Waals surface area (Å²) in [5.74, 6) is 0.278. The van der Waals surface area contributed by atoms with Crippen LogP contribution in [0.2, 0.25) is 5.02 Å². The minimum Gasteiger partial charge on any atom is -0.350 e. The lowest BCUT2D eigenvalue weighted by molar-refractivity contribution is -0.119. The number of carbonyl (C=O) groups is 1. The van der Waals surface area contributed by atoms with Gasteiger partial charge in [-0.3, -0.25) is 4.79 Å². The smallest absolute Gasteiger partial charge is 0.217 e. The number of amides is 1. The molecule has 2 aromatic rings. The Morgan fingerprint density at radius 1 is 1.29 bits per heavy atom. The normalized spacial score (nSPS) is 19.7. The highest BCUT2D eigenvalue weighted by Crippen LogP contribution is 2.34. The van der Waals surface area contributed by atoms with Crippen LogP contribution in [-0.2, 0) is 4.79 Å². The molecule has 1 amide bonds. The molecule has 0 spiro atoms. The lowest BCUT2D eigenvalue weighted by atomic mass is 9.96. The number of carbonyl (C=O) groups excluding carboxylic acids is 1. The van der Waals surface area contributed by atoms with Gasteiger partial charge in [0.1, 0.15) is 0 Å². The number of benzene rings is 1. The van der Waals surface area contributed by atoms with Crippen LogP contribution in [0.25, 0.3) is 5.69 Å². The summed E-state index contributed by atoms with van der Waals surface area (Å²) in [7, 11) is 0. The molecule has 0 saturated heterocycles. The van der Waals surface area contributed by atoms with E-state index in [1.54, 1.807) is 6.92 Å². The molecule has 24 heavy (non-hydrogen) atoms. The first-order chi connectivity index (χ1) is 11.4. The molecule has 126 valence electrons. The first-order valence-electron chi connectivity index (χ1n) is 8.15. The quantitative estimate of drug-likeness (QED) is 0.856. The summed E-state index contributed by atoms with van der Waals surface area (Å²) in [4.78, 5) is 11.3. The van der Waals surface area contributed by atoms with Crippen LogP contribution >= 0.6 is 11.6 Å². The van der Waals surface area contributed by atoms with Crippen molar-refractivity contribution in [1.29, 1.82) is 0 Å². The molecule has 1 aromatic heterocycles. The number of rotatable bonds is 3. The van der Waals surface area contributed by atoms with Gasteiger partial charge in [0.15, 0.2) is 0 Å². The van der Waals surface area contributed by atoms with Gasteiger partial charge < -0.3 is 5.32 Å². The molecule has 0 fully saturated rings. The third kappa shape index (κ3) is 3.11. The van der Waals surface area contributed by atoms with Crippen molar-refractivity contribution in [1.82, 2.24) is 15.1 Å². The van der Waals surface area contributed by atoms with E-state index in [4.69, 9.17) is 16.7 Å². The fraction of sp³-hybridized carbons (Fsp3) is 0.368. The highest BCUT2D eigenvalue weighted by atomic mass is 35.5. The molecule has 5 heteroatoms. The molecule has 0 aliphatic heterocycles. The van der Waals surface area contributed by atoms with Gasteiger partial charge in [-0.25, -0.2) is 4.68 Å². The number of allylic oxidation sites excluding steroid dienone is 1. The molecule has 0 radical (unpaired) electrons. The van der Waals surface area contributed by atoms with Crippen LogP contribution in [0.3, 0.4) is 0 Å². The van der Waals surface area contributed by atoms with E-state index in [0.29, 0.717) is 0 Å². The molecule has 1 aromatic carbocycles. The van der Waals surface area contributed by atoms with Crippen molar-refractivity contribution in [2.45, 2.75) is 46.1 Å². The minimum absolute atomic E-state index is 0.00346. The Labute approximate surface area is 147 Å². The first kappa shape index (κ1) is 16.8. The molecule has 3 rings (SSSR count). The Morgan fingerprint density at radius 3 is 2.71 bits per heavy atom. The molecule has 1 N–H and O–H groups in total.